The molecule has 3 heteroatoms. The van der Waals surface area contributed by atoms with E-state index < -0.39 is 0 Å². The molecule has 1 N–H and O–H groups in total. The fraction of sp³-hybridized carbons (Fsp3) is 0.636. The van der Waals surface area contributed by atoms with Crippen molar-refractivity contribution in [3.8, 4) is 0 Å². The van der Waals surface area contributed by atoms with Crippen LogP contribution in [0.1, 0.15) is 46.0 Å². The number of unbranched alkanes of at least 4 members (excludes halogenated alkanes) is 3. The summed E-state index contributed by atoms with van der Waals surface area (Å²) in [6, 6.07) is 0. The predicted molar refractivity (Wildman–Crippen MR) is 60.0 cm³/mol. The van der Waals surface area contributed by atoms with Gasteiger partial charge in [-0.2, -0.15) is 5.10 Å². The Labute approximate surface area is 86.6 Å². The molecule has 0 aliphatic rings. The molecule has 0 aromatic carbocycles. The quantitative estimate of drug-likeness (QED) is 0.578. The van der Waals surface area contributed by atoms with Gasteiger partial charge in [0.1, 0.15) is 12.7 Å². The maximum absolute atomic E-state index is 3.56. The van der Waals surface area contributed by atoms with Crippen LogP contribution in [0.4, 0.5) is 0 Å². The third-order valence-corrected chi connectivity index (χ3v) is 1.68. The largest absolute Gasteiger partial charge is 0.266 e. The first-order valence-corrected chi connectivity index (χ1v) is 5.35. The molecule has 0 saturated carbocycles. The van der Waals surface area contributed by atoms with Crippen LogP contribution in [0.2, 0.25) is 0 Å². The monoisotopic (exact) mass is 195 g/mol. The Hall–Kier alpha value is -1.12. The Morgan fingerprint density at radius 3 is 2.36 bits per heavy atom. The van der Waals surface area contributed by atoms with E-state index in [9.17, 15) is 0 Å². The minimum atomic E-state index is 1.25. The van der Waals surface area contributed by atoms with E-state index in [1.165, 1.54) is 44.8 Å². The fourth-order valence-electron chi connectivity index (χ4n) is 0.891. The van der Waals surface area contributed by atoms with Gasteiger partial charge in [0, 0.05) is 0 Å². The summed E-state index contributed by atoms with van der Waals surface area (Å²) in [7, 11) is 0. The van der Waals surface area contributed by atoms with Crippen LogP contribution < -0.4 is 0 Å². The van der Waals surface area contributed by atoms with E-state index >= 15 is 0 Å². The Kier molecular flexibility index (Phi) is 10.9. The predicted octanol–water partition coefficient (Wildman–Crippen LogP) is 3.34. The molecule has 0 fully saturated rings. The van der Waals surface area contributed by atoms with Crippen LogP contribution in [0.5, 0.6) is 0 Å². The zero-order valence-corrected chi connectivity index (χ0v) is 9.24. The number of rotatable bonds is 5. The highest BCUT2D eigenvalue weighted by molar-refractivity contribution is 4.80. The van der Waals surface area contributed by atoms with Crippen LogP contribution in [-0.4, -0.2) is 15.2 Å². The smallest absolute Gasteiger partial charge is 0.137 e. The molecular formula is C11H21N3. The molecule has 80 valence electrons. The first-order chi connectivity index (χ1) is 6.91. The van der Waals surface area contributed by atoms with Gasteiger partial charge < -0.3 is 0 Å². The molecular weight excluding hydrogens is 174 g/mol. The molecule has 1 aromatic heterocycles. The number of allylic oxidation sites excluding steroid dienone is 2. The summed E-state index contributed by atoms with van der Waals surface area (Å²) in [4.78, 5) is 3.56. The molecule has 1 aromatic rings. The lowest BCUT2D eigenvalue weighted by molar-refractivity contribution is 0.810. The second-order valence-corrected chi connectivity index (χ2v) is 3.05. The SMILES string of the molecule is CCCC=CCCCC.c1nc[nH]n1. The third kappa shape index (κ3) is 10.9. The number of nitrogens with zero attached hydrogens (tertiary/aromatic N) is 2. The Morgan fingerprint density at radius 2 is 1.93 bits per heavy atom. The Morgan fingerprint density at radius 1 is 1.14 bits per heavy atom. The Bertz CT molecular complexity index is 175. The van der Waals surface area contributed by atoms with E-state index in [0.29, 0.717) is 0 Å². The minimum absolute atomic E-state index is 1.25. The van der Waals surface area contributed by atoms with Crippen molar-refractivity contribution in [2.45, 2.75) is 46.0 Å². The van der Waals surface area contributed by atoms with Gasteiger partial charge in [-0.25, -0.2) is 4.98 Å². The second-order valence-electron chi connectivity index (χ2n) is 3.05. The maximum atomic E-state index is 3.56. The second kappa shape index (κ2) is 11.9. The lowest BCUT2D eigenvalue weighted by atomic mass is 10.2. The molecule has 0 atom stereocenters. The van der Waals surface area contributed by atoms with Gasteiger partial charge >= 0.3 is 0 Å². The number of H-pyrrole nitrogens is 1. The van der Waals surface area contributed by atoms with Gasteiger partial charge in [0.05, 0.1) is 0 Å². The number of aromatic amines is 1. The van der Waals surface area contributed by atoms with Gasteiger partial charge in [0.2, 0.25) is 0 Å². The van der Waals surface area contributed by atoms with Crippen molar-refractivity contribution in [3.63, 3.8) is 0 Å². The number of nitrogens with one attached hydrogen (secondary N) is 1. The minimum Gasteiger partial charge on any atom is -0.266 e. The summed E-state index contributed by atoms with van der Waals surface area (Å²) in [5.41, 5.74) is 0. The first kappa shape index (κ1) is 12.9. The van der Waals surface area contributed by atoms with Crippen molar-refractivity contribution < 1.29 is 0 Å². The topological polar surface area (TPSA) is 41.6 Å². The molecule has 0 radical (unpaired) electrons. The summed E-state index contributed by atoms with van der Waals surface area (Å²) in [6.45, 7) is 4.44. The van der Waals surface area contributed by atoms with E-state index in [1.807, 2.05) is 0 Å². The molecule has 0 saturated heterocycles. The molecule has 1 rings (SSSR count). The maximum Gasteiger partial charge on any atom is 0.137 e. The molecule has 1 heterocycles. The van der Waals surface area contributed by atoms with Crippen molar-refractivity contribution in [1.82, 2.24) is 15.2 Å². The van der Waals surface area contributed by atoms with Gasteiger partial charge in [-0.3, -0.25) is 5.10 Å². The molecule has 14 heavy (non-hydrogen) atoms. The molecule has 0 aliphatic carbocycles. The molecule has 0 amide bonds. The highest BCUT2D eigenvalue weighted by atomic mass is 15.2. The lowest BCUT2D eigenvalue weighted by Gasteiger charge is -1.87. The standard InChI is InChI=1S/C9H18.C2H3N3/c1-3-5-7-9-8-6-4-2;1-3-2-5-4-1/h7,9H,3-6,8H2,1-2H3;1-2H,(H,3,4,5). The van der Waals surface area contributed by atoms with E-state index in [2.05, 4.69) is 41.2 Å². The van der Waals surface area contributed by atoms with Crippen LogP contribution in [0.25, 0.3) is 0 Å². The molecule has 0 bridgehead atoms. The van der Waals surface area contributed by atoms with Crippen molar-refractivity contribution in [2.75, 3.05) is 0 Å². The highest BCUT2D eigenvalue weighted by Gasteiger charge is 1.76. The molecule has 0 unspecified atom stereocenters. The van der Waals surface area contributed by atoms with Crippen molar-refractivity contribution in [3.05, 3.63) is 24.8 Å². The molecule has 0 spiro atoms. The average molecular weight is 195 g/mol. The van der Waals surface area contributed by atoms with Crippen LogP contribution in [0.3, 0.4) is 0 Å². The van der Waals surface area contributed by atoms with Gasteiger partial charge in [-0.15, -0.1) is 0 Å². The van der Waals surface area contributed by atoms with E-state index in [0.717, 1.165) is 0 Å². The first-order valence-electron chi connectivity index (χ1n) is 5.35. The summed E-state index contributed by atoms with van der Waals surface area (Å²) < 4.78 is 0. The van der Waals surface area contributed by atoms with Crippen molar-refractivity contribution in [1.29, 1.82) is 0 Å². The van der Waals surface area contributed by atoms with Crippen molar-refractivity contribution >= 4 is 0 Å². The van der Waals surface area contributed by atoms with E-state index in [1.54, 1.807) is 0 Å². The number of aromatic nitrogens is 3. The van der Waals surface area contributed by atoms with E-state index in [4.69, 9.17) is 0 Å². The van der Waals surface area contributed by atoms with E-state index in [-0.39, 0.29) is 0 Å². The van der Waals surface area contributed by atoms with Gasteiger partial charge in [-0.1, -0.05) is 45.3 Å². The van der Waals surface area contributed by atoms with Crippen LogP contribution in [-0.2, 0) is 0 Å². The van der Waals surface area contributed by atoms with Crippen LogP contribution in [0, 0.1) is 0 Å². The summed E-state index contributed by atoms with van der Waals surface area (Å²) >= 11 is 0. The summed E-state index contributed by atoms with van der Waals surface area (Å²) in [5, 5.41) is 5.99. The highest BCUT2D eigenvalue weighted by Crippen LogP contribution is 1.96. The molecule has 3 nitrogen and oxygen atoms in total. The molecule has 0 aliphatic heterocycles. The number of hydrogen-bond donors (Lipinski definition) is 1. The zero-order valence-electron chi connectivity index (χ0n) is 9.24. The van der Waals surface area contributed by atoms with Crippen LogP contribution >= 0.6 is 0 Å². The van der Waals surface area contributed by atoms with Gasteiger partial charge in [-0.05, 0) is 12.8 Å². The lowest BCUT2D eigenvalue weighted by Crippen LogP contribution is -1.66. The van der Waals surface area contributed by atoms with Crippen LogP contribution in [0.15, 0.2) is 24.8 Å². The fourth-order valence-corrected chi connectivity index (χ4v) is 0.891. The third-order valence-electron chi connectivity index (χ3n) is 1.68. The van der Waals surface area contributed by atoms with Gasteiger partial charge in [0.15, 0.2) is 0 Å². The number of hydrogen-bond acceptors (Lipinski definition) is 2. The Balaban J connectivity index is 0.000000280. The summed E-state index contributed by atoms with van der Waals surface area (Å²) in [5.74, 6) is 0. The summed E-state index contributed by atoms with van der Waals surface area (Å²) in [6.07, 6.45) is 14.0. The van der Waals surface area contributed by atoms with Gasteiger partial charge in [0.25, 0.3) is 0 Å². The average Bonchev–Trinajstić information content (AvgIpc) is 2.76. The van der Waals surface area contributed by atoms with Crippen molar-refractivity contribution in [2.24, 2.45) is 0 Å². The zero-order chi connectivity index (χ0) is 10.5. The normalized spacial score (nSPS) is 9.86.